The summed E-state index contributed by atoms with van der Waals surface area (Å²) in [6.45, 7) is 9.11. The Bertz CT molecular complexity index is 447. The van der Waals surface area contributed by atoms with E-state index in [-0.39, 0.29) is 23.7 Å². The summed E-state index contributed by atoms with van der Waals surface area (Å²) in [6.07, 6.45) is 2.36. The van der Waals surface area contributed by atoms with Crippen molar-refractivity contribution in [2.45, 2.75) is 33.6 Å². The second-order valence-corrected chi connectivity index (χ2v) is 6.15. The smallest absolute Gasteiger partial charge is 0.251 e. The third-order valence-electron chi connectivity index (χ3n) is 3.85. The van der Waals surface area contributed by atoms with E-state index in [0.29, 0.717) is 0 Å². The Labute approximate surface area is 127 Å². The molecular formula is C16H25ClN2O. The van der Waals surface area contributed by atoms with Crippen molar-refractivity contribution in [3.63, 3.8) is 0 Å². The lowest BCUT2D eigenvalue weighted by molar-refractivity contribution is 0.0924. The summed E-state index contributed by atoms with van der Waals surface area (Å²) in [6, 6.07) is 5.98. The van der Waals surface area contributed by atoms with Crippen molar-refractivity contribution in [2.75, 3.05) is 19.6 Å². The lowest BCUT2D eigenvalue weighted by Crippen LogP contribution is -2.45. The van der Waals surface area contributed by atoms with Crippen molar-refractivity contribution >= 4 is 18.3 Å². The van der Waals surface area contributed by atoms with Gasteiger partial charge in [-0.15, -0.1) is 12.4 Å². The highest BCUT2D eigenvalue weighted by atomic mass is 35.5. The zero-order valence-electron chi connectivity index (χ0n) is 12.6. The van der Waals surface area contributed by atoms with E-state index >= 15 is 0 Å². The quantitative estimate of drug-likeness (QED) is 0.900. The van der Waals surface area contributed by atoms with E-state index in [0.717, 1.165) is 36.3 Å². The van der Waals surface area contributed by atoms with Crippen molar-refractivity contribution in [1.82, 2.24) is 10.6 Å². The molecule has 1 fully saturated rings. The van der Waals surface area contributed by atoms with Crippen LogP contribution < -0.4 is 10.6 Å². The Hall–Kier alpha value is -1.06. The van der Waals surface area contributed by atoms with Gasteiger partial charge in [0.25, 0.3) is 5.91 Å². The van der Waals surface area contributed by atoms with Crippen LogP contribution in [0, 0.1) is 19.3 Å². The molecule has 1 unspecified atom stereocenters. The highest BCUT2D eigenvalue weighted by molar-refractivity contribution is 5.94. The highest BCUT2D eigenvalue weighted by Crippen LogP contribution is 2.24. The minimum Gasteiger partial charge on any atom is -0.351 e. The number of hydrogen-bond acceptors (Lipinski definition) is 2. The van der Waals surface area contributed by atoms with Crippen LogP contribution in [-0.2, 0) is 0 Å². The Morgan fingerprint density at radius 3 is 2.50 bits per heavy atom. The van der Waals surface area contributed by atoms with E-state index in [1.54, 1.807) is 0 Å². The Balaban J connectivity index is 0.00000200. The molecule has 20 heavy (non-hydrogen) atoms. The number of amides is 1. The van der Waals surface area contributed by atoms with Crippen LogP contribution in [-0.4, -0.2) is 25.5 Å². The molecule has 0 bridgehead atoms. The fourth-order valence-electron chi connectivity index (χ4n) is 2.77. The standard InChI is InChI=1S/C16H24N2O.ClH/c1-12-7-13(2)9-14(8-12)15(19)18-11-16(3)5-4-6-17-10-16;/h7-9,17H,4-6,10-11H2,1-3H3,(H,18,19);1H. The van der Waals surface area contributed by atoms with Crippen molar-refractivity contribution in [3.05, 3.63) is 34.9 Å². The molecule has 1 aromatic carbocycles. The zero-order valence-corrected chi connectivity index (χ0v) is 13.4. The molecule has 112 valence electrons. The average Bonchev–Trinajstić information content (AvgIpc) is 2.36. The Kier molecular flexibility index (Phi) is 6.03. The van der Waals surface area contributed by atoms with Gasteiger partial charge in [0.1, 0.15) is 0 Å². The zero-order chi connectivity index (χ0) is 13.9. The maximum Gasteiger partial charge on any atom is 0.251 e. The number of hydrogen-bond donors (Lipinski definition) is 2. The first-order valence-corrected chi connectivity index (χ1v) is 7.06. The number of benzene rings is 1. The van der Waals surface area contributed by atoms with Gasteiger partial charge < -0.3 is 10.6 Å². The summed E-state index contributed by atoms with van der Waals surface area (Å²) in [5, 5.41) is 6.49. The van der Waals surface area contributed by atoms with Crippen LogP contribution in [0.25, 0.3) is 0 Å². The van der Waals surface area contributed by atoms with E-state index in [1.165, 1.54) is 12.8 Å². The van der Waals surface area contributed by atoms with Crippen LogP contribution in [0.2, 0.25) is 0 Å². The lowest BCUT2D eigenvalue weighted by atomic mass is 9.83. The third kappa shape index (κ3) is 4.50. The minimum atomic E-state index is 0. The van der Waals surface area contributed by atoms with Crippen LogP contribution in [0.3, 0.4) is 0 Å². The van der Waals surface area contributed by atoms with Gasteiger partial charge in [0.15, 0.2) is 0 Å². The fraction of sp³-hybridized carbons (Fsp3) is 0.562. The largest absolute Gasteiger partial charge is 0.351 e. The van der Waals surface area contributed by atoms with E-state index in [4.69, 9.17) is 0 Å². The van der Waals surface area contributed by atoms with Crippen molar-refractivity contribution in [1.29, 1.82) is 0 Å². The number of rotatable bonds is 3. The second-order valence-electron chi connectivity index (χ2n) is 6.15. The van der Waals surface area contributed by atoms with Gasteiger partial charge in [0.2, 0.25) is 0 Å². The highest BCUT2D eigenvalue weighted by Gasteiger charge is 2.27. The first kappa shape index (κ1) is 17.0. The van der Waals surface area contributed by atoms with Crippen LogP contribution in [0.4, 0.5) is 0 Å². The van der Waals surface area contributed by atoms with Gasteiger partial charge in [-0.05, 0) is 50.8 Å². The van der Waals surface area contributed by atoms with Gasteiger partial charge in [-0.1, -0.05) is 24.1 Å². The molecule has 0 aliphatic carbocycles. The summed E-state index contributed by atoms with van der Waals surface area (Å²) in [5.74, 6) is 0.0404. The second kappa shape index (κ2) is 7.09. The normalized spacial score (nSPS) is 21.9. The van der Waals surface area contributed by atoms with Crippen LogP contribution >= 0.6 is 12.4 Å². The fourth-order valence-corrected chi connectivity index (χ4v) is 2.77. The van der Waals surface area contributed by atoms with Crippen molar-refractivity contribution in [3.8, 4) is 0 Å². The summed E-state index contributed by atoms with van der Waals surface area (Å²) in [7, 11) is 0. The third-order valence-corrected chi connectivity index (χ3v) is 3.85. The SMILES string of the molecule is Cc1cc(C)cc(C(=O)NCC2(C)CCCNC2)c1.Cl. The number of aryl methyl sites for hydroxylation is 2. The van der Waals surface area contributed by atoms with Gasteiger partial charge in [-0.3, -0.25) is 4.79 Å². The minimum absolute atomic E-state index is 0. The summed E-state index contributed by atoms with van der Waals surface area (Å²) >= 11 is 0. The molecule has 0 aromatic heterocycles. The molecule has 1 aliphatic heterocycles. The van der Waals surface area contributed by atoms with Gasteiger partial charge >= 0.3 is 0 Å². The monoisotopic (exact) mass is 296 g/mol. The van der Waals surface area contributed by atoms with E-state index in [9.17, 15) is 4.79 Å². The molecular weight excluding hydrogens is 272 g/mol. The number of nitrogens with one attached hydrogen (secondary N) is 2. The van der Waals surface area contributed by atoms with Crippen LogP contribution in [0.5, 0.6) is 0 Å². The summed E-state index contributed by atoms with van der Waals surface area (Å²) in [5.41, 5.74) is 3.23. The molecule has 1 aromatic rings. The van der Waals surface area contributed by atoms with E-state index in [2.05, 4.69) is 23.6 Å². The molecule has 1 aliphatic rings. The number of carbonyl (C=O) groups is 1. The molecule has 1 atom stereocenters. The summed E-state index contributed by atoms with van der Waals surface area (Å²) in [4.78, 5) is 12.2. The Morgan fingerprint density at radius 1 is 1.30 bits per heavy atom. The average molecular weight is 297 g/mol. The molecule has 2 N–H and O–H groups in total. The van der Waals surface area contributed by atoms with E-state index < -0.39 is 0 Å². The maximum absolute atomic E-state index is 12.2. The molecule has 4 heteroatoms. The number of piperidine rings is 1. The molecule has 1 heterocycles. The molecule has 3 nitrogen and oxygen atoms in total. The summed E-state index contributed by atoms with van der Waals surface area (Å²) < 4.78 is 0. The van der Waals surface area contributed by atoms with Crippen molar-refractivity contribution in [2.24, 2.45) is 5.41 Å². The molecule has 1 amide bonds. The lowest BCUT2D eigenvalue weighted by Gasteiger charge is -2.34. The maximum atomic E-state index is 12.2. The number of halogens is 1. The molecule has 0 radical (unpaired) electrons. The van der Waals surface area contributed by atoms with Gasteiger partial charge in [0.05, 0.1) is 0 Å². The molecule has 0 spiro atoms. The first-order valence-electron chi connectivity index (χ1n) is 7.06. The number of carbonyl (C=O) groups excluding carboxylic acids is 1. The van der Waals surface area contributed by atoms with Crippen molar-refractivity contribution < 1.29 is 4.79 Å². The van der Waals surface area contributed by atoms with Crippen LogP contribution in [0.15, 0.2) is 18.2 Å². The van der Waals surface area contributed by atoms with Gasteiger partial charge in [-0.2, -0.15) is 0 Å². The molecule has 0 saturated carbocycles. The Morgan fingerprint density at radius 2 is 1.95 bits per heavy atom. The predicted octanol–water partition coefficient (Wildman–Crippen LogP) is 2.84. The van der Waals surface area contributed by atoms with E-state index in [1.807, 2.05) is 26.0 Å². The molecule has 1 saturated heterocycles. The topological polar surface area (TPSA) is 41.1 Å². The van der Waals surface area contributed by atoms with Crippen LogP contribution in [0.1, 0.15) is 41.3 Å². The van der Waals surface area contributed by atoms with Gasteiger partial charge in [0, 0.05) is 18.7 Å². The first-order chi connectivity index (χ1) is 8.98. The van der Waals surface area contributed by atoms with Gasteiger partial charge in [-0.25, -0.2) is 0 Å². The predicted molar refractivity (Wildman–Crippen MR) is 85.7 cm³/mol. The molecule has 2 rings (SSSR count).